The summed E-state index contributed by atoms with van der Waals surface area (Å²) in [6.07, 6.45) is 0.832. The molecule has 1 aromatic heterocycles. The molecule has 26 heavy (non-hydrogen) atoms. The van der Waals surface area contributed by atoms with Crippen molar-refractivity contribution in [3.8, 4) is 5.75 Å². The third-order valence-electron chi connectivity index (χ3n) is 4.10. The number of halogens is 2. The Hall–Kier alpha value is -2.22. The lowest BCUT2D eigenvalue weighted by Crippen LogP contribution is -2.21. The van der Waals surface area contributed by atoms with Gasteiger partial charge in [-0.15, -0.1) is 0 Å². The van der Waals surface area contributed by atoms with Crippen molar-refractivity contribution in [1.29, 1.82) is 0 Å². The Kier molecular flexibility index (Phi) is 5.41. The van der Waals surface area contributed by atoms with Gasteiger partial charge >= 0.3 is 0 Å². The van der Waals surface area contributed by atoms with Crippen molar-refractivity contribution in [2.75, 3.05) is 18.4 Å². The fourth-order valence-corrected chi connectivity index (χ4v) is 3.12. The van der Waals surface area contributed by atoms with Gasteiger partial charge in [0, 0.05) is 17.8 Å². The monoisotopic (exact) mass is 396 g/mol. The first kappa shape index (κ1) is 18.6. The van der Waals surface area contributed by atoms with Crippen LogP contribution in [0.5, 0.6) is 5.75 Å². The highest BCUT2D eigenvalue weighted by atomic mass is 35.5. The average molecular weight is 397 g/mol. The molecule has 0 bridgehead atoms. The number of benzene rings is 1. The largest absolute Gasteiger partial charge is 0.487 e. The number of anilines is 1. The number of amides is 2. The summed E-state index contributed by atoms with van der Waals surface area (Å²) >= 11 is 12.1. The maximum atomic E-state index is 12.6. The van der Waals surface area contributed by atoms with Crippen LogP contribution in [-0.4, -0.2) is 36.0 Å². The van der Waals surface area contributed by atoms with Crippen LogP contribution in [0.4, 0.5) is 5.69 Å². The molecule has 1 aliphatic rings. The second kappa shape index (κ2) is 7.57. The van der Waals surface area contributed by atoms with Crippen molar-refractivity contribution in [2.24, 2.45) is 5.73 Å². The van der Waals surface area contributed by atoms with E-state index in [9.17, 15) is 9.59 Å². The van der Waals surface area contributed by atoms with E-state index in [1.54, 1.807) is 19.1 Å². The first-order chi connectivity index (χ1) is 12.4. The maximum absolute atomic E-state index is 12.6. The van der Waals surface area contributed by atoms with E-state index in [0.717, 1.165) is 13.0 Å². The van der Waals surface area contributed by atoms with Crippen LogP contribution < -0.4 is 21.1 Å². The lowest BCUT2D eigenvalue weighted by atomic mass is 10.1. The molecule has 0 saturated carbocycles. The van der Waals surface area contributed by atoms with E-state index in [1.165, 1.54) is 6.07 Å². The smallest absolute Gasteiger partial charge is 0.273 e. The zero-order valence-corrected chi connectivity index (χ0v) is 15.5. The van der Waals surface area contributed by atoms with Crippen molar-refractivity contribution in [3.63, 3.8) is 0 Å². The van der Waals surface area contributed by atoms with E-state index in [0.29, 0.717) is 23.7 Å². The van der Waals surface area contributed by atoms with Crippen molar-refractivity contribution in [2.45, 2.75) is 19.4 Å². The molecule has 1 aliphatic heterocycles. The van der Waals surface area contributed by atoms with Crippen molar-refractivity contribution < 1.29 is 14.3 Å². The number of nitrogens with one attached hydrogen (secondary N) is 3. The Bertz CT molecular complexity index is 860. The zero-order chi connectivity index (χ0) is 18.8. The van der Waals surface area contributed by atoms with Gasteiger partial charge < -0.3 is 26.1 Å². The van der Waals surface area contributed by atoms with Crippen LogP contribution >= 0.6 is 23.2 Å². The van der Waals surface area contributed by atoms with E-state index in [1.807, 2.05) is 0 Å². The van der Waals surface area contributed by atoms with E-state index in [2.05, 4.69) is 15.6 Å². The fraction of sp³-hybridized carbons (Fsp3) is 0.294. The summed E-state index contributed by atoms with van der Waals surface area (Å²) < 4.78 is 5.94. The fourth-order valence-electron chi connectivity index (χ4n) is 2.70. The maximum Gasteiger partial charge on any atom is 0.273 e. The van der Waals surface area contributed by atoms with Gasteiger partial charge in [0.05, 0.1) is 15.7 Å². The molecule has 5 N–H and O–H groups in total. The highest BCUT2D eigenvalue weighted by molar-refractivity contribution is 6.44. The van der Waals surface area contributed by atoms with Gasteiger partial charge in [-0.05, 0) is 38.1 Å². The first-order valence-corrected chi connectivity index (χ1v) is 8.78. The van der Waals surface area contributed by atoms with Crippen LogP contribution in [0.1, 0.15) is 33.0 Å². The van der Waals surface area contributed by atoms with Crippen molar-refractivity contribution in [1.82, 2.24) is 10.3 Å². The summed E-state index contributed by atoms with van der Waals surface area (Å²) in [7, 11) is 0. The van der Waals surface area contributed by atoms with Gasteiger partial charge in [-0.3, -0.25) is 9.59 Å². The number of hydrogen-bond donors (Lipinski definition) is 4. The number of rotatable bonds is 5. The van der Waals surface area contributed by atoms with Crippen LogP contribution in [-0.2, 0) is 0 Å². The normalized spacial score (nSPS) is 16.5. The summed E-state index contributed by atoms with van der Waals surface area (Å²) in [5, 5.41) is 6.33. The number of aromatic amines is 1. The minimum absolute atomic E-state index is 0.0177. The van der Waals surface area contributed by atoms with Gasteiger partial charge in [-0.2, -0.15) is 0 Å². The summed E-state index contributed by atoms with van der Waals surface area (Å²) in [4.78, 5) is 26.9. The minimum Gasteiger partial charge on any atom is -0.487 e. The summed E-state index contributed by atoms with van der Waals surface area (Å²) in [5.41, 5.74) is 6.64. The number of aryl methyl sites for hydroxylation is 1. The first-order valence-electron chi connectivity index (χ1n) is 8.03. The molecule has 0 aliphatic carbocycles. The lowest BCUT2D eigenvalue weighted by Gasteiger charge is -2.17. The predicted octanol–water partition coefficient (Wildman–Crippen LogP) is 2.72. The van der Waals surface area contributed by atoms with Gasteiger partial charge in [0.25, 0.3) is 5.91 Å². The Balaban J connectivity index is 1.90. The number of carbonyl (C=O) groups is 2. The van der Waals surface area contributed by atoms with Gasteiger partial charge in [0.2, 0.25) is 5.91 Å². The molecule has 1 unspecified atom stereocenters. The molecule has 1 atom stereocenters. The molecule has 2 amide bonds. The van der Waals surface area contributed by atoms with Crippen LogP contribution in [0.3, 0.4) is 0 Å². The summed E-state index contributed by atoms with van der Waals surface area (Å²) in [5.74, 6) is -0.657. The molecule has 0 radical (unpaired) electrons. The molecule has 2 aromatic rings. The Morgan fingerprint density at radius 2 is 2.08 bits per heavy atom. The quantitative estimate of drug-likeness (QED) is 0.622. The molecule has 3 rings (SSSR count). The van der Waals surface area contributed by atoms with E-state index in [4.69, 9.17) is 33.7 Å². The summed E-state index contributed by atoms with van der Waals surface area (Å²) in [6, 6.07) is 4.64. The molecule has 1 saturated heterocycles. The zero-order valence-electron chi connectivity index (χ0n) is 14.0. The number of nitrogens with two attached hydrogens (primary N) is 1. The topological polar surface area (TPSA) is 109 Å². The number of hydrogen-bond acceptors (Lipinski definition) is 4. The molecule has 2 heterocycles. The van der Waals surface area contributed by atoms with Crippen LogP contribution in [0, 0.1) is 6.92 Å². The molecule has 7 nitrogen and oxygen atoms in total. The van der Waals surface area contributed by atoms with Gasteiger partial charge in [-0.1, -0.05) is 23.2 Å². The third kappa shape index (κ3) is 3.80. The third-order valence-corrected chi connectivity index (χ3v) is 5.05. The Morgan fingerprint density at radius 3 is 2.65 bits per heavy atom. The SMILES string of the molecule is Cc1[nH]c(C(=O)Nc2cc(C(N)=O)ccc2OC2CCNC2)c(Cl)c1Cl. The van der Waals surface area contributed by atoms with Crippen molar-refractivity contribution >= 4 is 40.7 Å². The molecule has 1 fully saturated rings. The average Bonchev–Trinajstić information content (AvgIpc) is 3.20. The van der Waals surface area contributed by atoms with Crippen LogP contribution in [0.15, 0.2) is 18.2 Å². The number of carbonyl (C=O) groups excluding carboxylic acids is 2. The van der Waals surface area contributed by atoms with Crippen LogP contribution in [0.2, 0.25) is 10.0 Å². The minimum atomic E-state index is -0.605. The molecule has 138 valence electrons. The predicted molar refractivity (Wildman–Crippen MR) is 100 cm³/mol. The molecule has 0 spiro atoms. The number of primary amides is 1. The highest BCUT2D eigenvalue weighted by Gasteiger charge is 2.22. The number of ether oxygens (including phenoxy) is 1. The van der Waals surface area contributed by atoms with Gasteiger partial charge in [0.15, 0.2) is 0 Å². The highest BCUT2D eigenvalue weighted by Crippen LogP contribution is 2.32. The Labute approximate surface area is 160 Å². The summed E-state index contributed by atoms with van der Waals surface area (Å²) in [6.45, 7) is 3.28. The second-order valence-corrected chi connectivity index (χ2v) is 6.77. The molecule has 9 heteroatoms. The Morgan fingerprint density at radius 1 is 1.31 bits per heavy atom. The molecular formula is C17H18Cl2N4O3. The number of H-pyrrole nitrogens is 1. The van der Waals surface area contributed by atoms with E-state index in [-0.39, 0.29) is 27.4 Å². The van der Waals surface area contributed by atoms with Gasteiger partial charge in [-0.25, -0.2) is 0 Å². The molecular weight excluding hydrogens is 379 g/mol. The van der Waals surface area contributed by atoms with Gasteiger partial charge in [0.1, 0.15) is 17.5 Å². The standard InChI is InChI=1S/C17H18Cl2N4O3/c1-8-13(18)14(19)15(22-8)17(25)23-11-6-9(16(20)24)2-3-12(11)26-10-4-5-21-7-10/h2-3,6,10,21-22H,4-5,7H2,1H3,(H2,20,24)(H,23,25). The molecule has 1 aromatic carbocycles. The number of aromatic nitrogens is 1. The van der Waals surface area contributed by atoms with E-state index >= 15 is 0 Å². The second-order valence-electron chi connectivity index (χ2n) is 6.01. The van der Waals surface area contributed by atoms with Crippen LogP contribution in [0.25, 0.3) is 0 Å². The van der Waals surface area contributed by atoms with E-state index < -0.39 is 11.8 Å². The van der Waals surface area contributed by atoms with Crippen molar-refractivity contribution in [3.05, 3.63) is 45.2 Å². The lowest BCUT2D eigenvalue weighted by molar-refractivity contribution is 0.0995.